The highest BCUT2D eigenvalue weighted by atomic mass is 31.3. The zero-order chi connectivity index (χ0) is 24.9. The maximum absolute atomic E-state index is 6.73. The van der Waals surface area contributed by atoms with Crippen LogP contribution in [0.2, 0.25) is 0 Å². The summed E-state index contributed by atoms with van der Waals surface area (Å²) in [7, 11) is -10.6. The number of hydrogen-bond donors (Lipinski definition) is 2. The van der Waals surface area contributed by atoms with Crippen molar-refractivity contribution in [3.05, 3.63) is 121 Å². The molecule has 0 saturated carbocycles. The van der Waals surface area contributed by atoms with Gasteiger partial charge in [0.25, 0.3) is 0 Å². The normalized spacial score (nSPS) is 22.2. The van der Waals surface area contributed by atoms with Gasteiger partial charge in [0.2, 0.25) is 0 Å². The zero-order valence-corrected chi connectivity index (χ0v) is 21.7. The molecule has 36 heavy (non-hydrogen) atoms. The molecule has 0 radical (unpaired) electrons. The number of nitrogens with two attached hydrogens (primary N) is 2. The summed E-state index contributed by atoms with van der Waals surface area (Å²) in [5, 5.41) is 0. The lowest BCUT2D eigenvalue weighted by atomic mass is 10.3. The van der Waals surface area contributed by atoms with Gasteiger partial charge in [-0.05, 0) is 48.5 Å². The van der Waals surface area contributed by atoms with E-state index in [4.69, 9.17) is 38.1 Å². The molecule has 1 aliphatic rings. The highest BCUT2D eigenvalue weighted by Gasteiger charge is 2.41. The second-order valence-electron chi connectivity index (χ2n) is 7.55. The van der Waals surface area contributed by atoms with Crippen molar-refractivity contribution in [2.45, 2.75) is 0 Å². The largest absolute Gasteiger partial charge is 0.457 e. The van der Waals surface area contributed by atoms with Gasteiger partial charge in [0.15, 0.2) is 0 Å². The van der Waals surface area contributed by atoms with Crippen molar-refractivity contribution < 1.29 is 18.1 Å². The van der Waals surface area contributed by atoms with Crippen LogP contribution in [0.15, 0.2) is 135 Å². The monoisotopic (exact) mass is 539 g/mol. The van der Waals surface area contributed by atoms with Crippen LogP contribution in [-0.2, 0) is 0 Å². The second-order valence-corrected chi connectivity index (χ2v) is 13.8. The number of hydrogen-bond acceptors (Lipinski definition) is 9. The van der Waals surface area contributed by atoms with Crippen LogP contribution in [0.25, 0.3) is 0 Å². The van der Waals surface area contributed by atoms with Gasteiger partial charge in [-0.3, -0.25) is 0 Å². The Kier molecular flexibility index (Phi) is 7.01. The van der Waals surface area contributed by atoms with Crippen LogP contribution < -0.4 is 29.1 Å². The minimum absolute atomic E-state index is 0.478. The standard InChI is InChI=1S/C24H24N5O4P3/c25-34(30-21-13-5-1-6-14-21)27-35(26,31-22-15-7-2-8-16-22)29-36(28-34,32-23-17-9-3-10-18-23)33-24-19-11-4-12-20-24/h1-20H,25-26H2. The molecule has 2 unspecified atom stereocenters. The SMILES string of the molecule is NP1(Oc2ccccc2)=NP(N)(Oc2ccccc2)=NP(Oc2ccccc2)(Oc2ccccc2)=N1. The molecular weight excluding hydrogens is 515 g/mol. The summed E-state index contributed by atoms with van der Waals surface area (Å²) < 4.78 is 39.0. The van der Waals surface area contributed by atoms with Crippen LogP contribution in [0.5, 0.6) is 23.0 Å². The molecule has 4 aromatic carbocycles. The third kappa shape index (κ3) is 6.08. The predicted molar refractivity (Wildman–Crippen MR) is 145 cm³/mol. The van der Waals surface area contributed by atoms with Gasteiger partial charge in [0, 0.05) is 0 Å². The summed E-state index contributed by atoms with van der Waals surface area (Å²) in [6, 6.07) is 36.2. The lowest BCUT2D eigenvalue weighted by Crippen LogP contribution is -2.12. The lowest BCUT2D eigenvalue weighted by Gasteiger charge is -2.31. The van der Waals surface area contributed by atoms with E-state index in [1.54, 1.807) is 48.5 Å². The van der Waals surface area contributed by atoms with Crippen molar-refractivity contribution in [1.82, 2.24) is 0 Å². The first kappa shape index (κ1) is 24.4. The fourth-order valence-electron chi connectivity index (χ4n) is 3.24. The van der Waals surface area contributed by atoms with Crippen LogP contribution in [0.4, 0.5) is 0 Å². The molecule has 1 heterocycles. The highest BCUT2D eigenvalue weighted by Crippen LogP contribution is 2.74. The molecule has 12 heteroatoms. The first-order chi connectivity index (χ1) is 17.4. The van der Waals surface area contributed by atoms with Gasteiger partial charge in [-0.25, -0.2) is 11.0 Å². The minimum atomic E-state index is -3.60. The van der Waals surface area contributed by atoms with Gasteiger partial charge in [-0.1, -0.05) is 72.8 Å². The number of rotatable bonds is 8. The van der Waals surface area contributed by atoms with Crippen LogP contribution in [0.3, 0.4) is 0 Å². The van der Waals surface area contributed by atoms with Crippen molar-refractivity contribution in [2.24, 2.45) is 24.6 Å². The molecule has 0 aliphatic carbocycles. The molecule has 0 amide bonds. The molecule has 0 fully saturated rings. The van der Waals surface area contributed by atoms with Gasteiger partial charge in [0.1, 0.15) is 23.0 Å². The molecule has 184 valence electrons. The van der Waals surface area contributed by atoms with Gasteiger partial charge >= 0.3 is 22.8 Å². The molecule has 0 spiro atoms. The Balaban J connectivity index is 1.70. The van der Waals surface area contributed by atoms with Crippen molar-refractivity contribution in [2.75, 3.05) is 0 Å². The lowest BCUT2D eigenvalue weighted by molar-refractivity contribution is 0.475. The third-order valence-corrected chi connectivity index (χ3v) is 12.4. The molecular formula is C24H24N5O4P3. The highest BCUT2D eigenvalue weighted by molar-refractivity contribution is 7.80. The topological polar surface area (TPSA) is 126 Å². The van der Waals surface area contributed by atoms with Crippen molar-refractivity contribution in [3.8, 4) is 23.0 Å². The van der Waals surface area contributed by atoms with E-state index in [1.165, 1.54) is 0 Å². The van der Waals surface area contributed by atoms with Crippen molar-refractivity contribution in [1.29, 1.82) is 0 Å². The van der Waals surface area contributed by atoms with E-state index in [1.807, 2.05) is 72.8 Å². The molecule has 9 nitrogen and oxygen atoms in total. The Hall–Kier alpha value is -3.31. The zero-order valence-electron chi connectivity index (χ0n) is 19.0. The average Bonchev–Trinajstić information content (AvgIpc) is 2.85. The molecule has 0 aromatic heterocycles. The van der Waals surface area contributed by atoms with Gasteiger partial charge in [-0.2, -0.15) is 0 Å². The summed E-state index contributed by atoms with van der Waals surface area (Å²) in [5.41, 5.74) is 13.5. The van der Waals surface area contributed by atoms with Crippen LogP contribution in [0.1, 0.15) is 0 Å². The fraction of sp³-hybridized carbons (Fsp3) is 0. The molecule has 1 aliphatic heterocycles. The maximum atomic E-state index is 6.73. The molecule has 0 bridgehead atoms. The van der Waals surface area contributed by atoms with E-state index in [0.717, 1.165) is 0 Å². The first-order valence-corrected chi connectivity index (χ1v) is 15.8. The van der Waals surface area contributed by atoms with E-state index >= 15 is 0 Å². The quantitative estimate of drug-likeness (QED) is 0.218. The predicted octanol–water partition coefficient (Wildman–Crippen LogP) is 8.07. The molecule has 4 aromatic rings. The summed E-state index contributed by atoms with van der Waals surface area (Å²) in [5.74, 6) is 1.92. The average molecular weight is 539 g/mol. The number of benzene rings is 4. The Morgan fingerprint density at radius 1 is 0.389 bits per heavy atom. The number of nitrogens with zero attached hydrogens (tertiary/aromatic N) is 3. The minimum Gasteiger partial charge on any atom is -0.431 e. The molecule has 4 N–H and O–H groups in total. The van der Waals surface area contributed by atoms with E-state index in [-0.39, 0.29) is 0 Å². The summed E-state index contributed by atoms with van der Waals surface area (Å²) in [6.45, 7) is 0. The Labute approximate surface area is 209 Å². The van der Waals surface area contributed by atoms with Gasteiger partial charge < -0.3 is 18.1 Å². The van der Waals surface area contributed by atoms with Crippen LogP contribution in [-0.4, -0.2) is 0 Å². The van der Waals surface area contributed by atoms with Crippen molar-refractivity contribution >= 4 is 22.8 Å². The van der Waals surface area contributed by atoms with E-state index in [0.29, 0.717) is 23.0 Å². The Bertz CT molecular complexity index is 1400. The maximum Gasteiger partial charge on any atom is 0.457 e. The first-order valence-electron chi connectivity index (χ1n) is 10.9. The second kappa shape index (κ2) is 10.4. The molecule has 5 rings (SSSR count). The smallest absolute Gasteiger partial charge is 0.431 e. The van der Waals surface area contributed by atoms with E-state index in [9.17, 15) is 0 Å². The molecule has 2 atom stereocenters. The Morgan fingerprint density at radius 2 is 0.694 bits per heavy atom. The summed E-state index contributed by atoms with van der Waals surface area (Å²) >= 11 is 0. The summed E-state index contributed by atoms with van der Waals surface area (Å²) in [4.78, 5) is 0. The summed E-state index contributed by atoms with van der Waals surface area (Å²) in [6.07, 6.45) is 0. The van der Waals surface area contributed by atoms with Gasteiger partial charge in [0.05, 0.1) is 0 Å². The van der Waals surface area contributed by atoms with Crippen LogP contribution in [0, 0.1) is 0 Å². The van der Waals surface area contributed by atoms with E-state index in [2.05, 4.69) is 4.52 Å². The third-order valence-electron chi connectivity index (χ3n) is 4.64. The van der Waals surface area contributed by atoms with Gasteiger partial charge in [-0.15, -0.1) is 13.5 Å². The van der Waals surface area contributed by atoms with E-state index < -0.39 is 22.8 Å². The Morgan fingerprint density at radius 3 is 1.06 bits per heavy atom. The fourth-order valence-corrected chi connectivity index (χ4v) is 11.6. The van der Waals surface area contributed by atoms with Crippen LogP contribution >= 0.6 is 22.8 Å². The molecule has 0 saturated heterocycles. The van der Waals surface area contributed by atoms with Crippen molar-refractivity contribution in [3.63, 3.8) is 0 Å². The number of para-hydroxylation sites is 4.